The number of benzene rings is 1. The second-order valence-electron chi connectivity index (χ2n) is 5.22. The van der Waals surface area contributed by atoms with E-state index in [1.54, 1.807) is 24.4 Å². The third kappa shape index (κ3) is 3.05. The van der Waals surface area contributed by atoms with E-state index in [1.807, 2.05) is 0 Å². The van der Waals surface area contributed by atoms with Gasteiger partial charge in [-0.3, -0.25) is 4.72 Å². The zero-order chi connectivity index (χ0) is 17.4. The Morgan fingerprint density at radius 1 is 1.16 bits per heavy atom. The van der Waals surface area contributed by atoms with E-state index in [4.69, 9.17) is 14.0 Å². The topological polar surface area (TPSA) is 104 Å². The quantitative estimate of drug-likeness (QED) is 0.743. The lowest BCUT2D eigenvalue weighted by Crippen LogP contribution is -2.17. The second kappa shape index (κ2) is 6.05. The molecule has 3 aromatic rings. The maximum Gasteiger partial charge on any atom is 0.270 e. The number of hydrogen-bond acceptors (Lipinski definition) is 8. The van der Waals surface area contributed by atoms with Crippen molar-refractivity contribution >= 4 is 27.0 Å². The van der Waals surface area contributed by atoms with Gasteiger partial charge in [0.15, 0.2) is 17.3 Å². The molecule has 0 saturated heterocycles. The van der Waals surface area contributed by atoms with Gasteiger partial charge in [-0.1, -0.05) is 5.16 Å². The SMILES string of the molecule is Cc1noc(-c2sccc2NS(=O)(=O)c2ccc3c(c2)OCCO3)n1. The molecule has 130 valence electrons. The fraction of sp³-hybridized carbons (Fsp3) is 0.200. The molecule has 8 nitrogen and oxygen atoms in total. The third-order valence-corrected chi connectivity index (χ3v) is 5.72. The van der Waals surface area contributed by atoms with Gasteiger partial charge in [0.2, 0.25) is 0 Å². The highest BCUT2D eigenvalue weighted by molar-refractivity contribution is 7.92. The Bertz CT molecular complexity index is 1030. The first-order valence-electron chi connectivity index (χ1n) is 7.33. The van der Waals surface area contributed by atoms with Crippen molar-refractivity contribution in [2.75, 3.05) is 17.9 Å². The fourth-order valence-corrected chi connectivity index (χ4v) is 4.26. The largest absolute Gasteiger partial charge is 0.486 e. The average Bonchev–Trinajstić information content (AvgIpc) is 3.22. The van der Waals surface area contributed by atoms with Gasteiger partial charge in [-0.15, -0.1) is 11.3 Å². The number of rotatable bonds is 4. The molecule has 2 aromatic heterocycles. The highest BCUT2D eigenvalue weighted by atomic mass is 32.2. The van der Waals surface area contributed by atoms with Crippen molar-refractivity contribution in [2.24, 2.45) is 0 Å². The first-order valence-corrected chi connectivity index (χ1v) is 9.70. The van der Waals surface area contributed by atoms with Gasteiger partial charge in [0.1, 0.15) is 18.1 Å². The number of sulfonamides is 1. The molecule has 0 bridgehead atoms. The summed E-state index contributed by atoms with van der Waals surface area (Å²) in [5.41, 5.74) is 0.378. The van der Waals surface area contributed by atoms with E-state index in [0.29, 0.717) is 41.1 Å². The van der Waals surface area contributed by atoms with Crippen LogP contribution in [0.1, 0.15) is 5.82 Å². The summed E-state index contributed by atoms with van der Waals surface area (Å²) in [6.07, 6.45) is 0. The van der Waals surface area contributed by atoms with Crippen LogP contribution in [-0.2, 0) is 10.0 Å². The van der Waals surface area contributed by atoms with Crippen LogP contribution in [0, 0.1) is 6.92 Å². The summed E-state index contributed by atoms with van der Waals surface area (Å²) in [5.74, 6) is 1.69. The van der Waals surface area contributed by atoms with Crippen LogP contribution in [0.3, 0.4) is 0 Å². The van der Waals surface area contributed by atoms with Crippen LogP contribution in [0.15, 0.2) is 39.1 Å². The van der Waals surface area contributed by atoms with Crippen LogP contribution in [-0.4, -0.2) is 31.8 Å². The monoisotopic (exact) mass is 379 g/mol. The molecule has 0 saturated carbocycles. The van der Waals surface area contributed by atoms with Crippen LogP contribution in [0.25, 0.3) is 10.8 Å². The second-order valence-corrected chi connectivity index (χ2v) is 7.82. The lowest BCUT2D eigenvalue weighted by atomic mass is 10.3. The highest BCUT2D eigenvalue weighted by Crippen LogP contribution is 2.36. The smallest absolute Gasteiger partial charge is 0.270 e. The van der Waals surface area contributed by atoms with Crippen molar-refractivity contribution in [1.82, 2.24) is 10.1 Å². The molecule has 10 heteroatoms. The van der Waals surface area contributed by atoms with Crippen LogP contribution in [0.5, 0.6) is 11.5 Å². The van der Waals surface area contributed by atoms with Crippen LogP contribution < -0.4 is 14.2 Å². The molecule has 1 N–H and O–H groups in total. The Balaban J connectivity index is 1.66. The Hall–Kier alpha value is -2.59. The molecule has 1 aliphatic rings. The van der Waals surface area contributed by atoms with Crippen LogP contribution in [0.2, 0.25) is 0 Å². The molecular weight excluding hydrogens is 366 g/mol. The normalized spacial score (nSPS) is 13.6. The molecule has 0 radical (unpaired) electrons. The number of ether oxygens (including phenoxy) is 2. The minimum Gasteiger partial charge on any atom is -0.486 e. The van der Waals surface area contributed by atoms with E-state index >= 15 is 0 Å². The van der Waals surface area contributed by atoms with E-state index in [0.717, 1.165) is 0 Å². The zero-order valence-electron chi connectivity index (χ0n) is 13.1. The molecule has 4 rings (SSSR count). The third-order valence-electron chi connectivity index (χ3n) is 3.46. The fourth-order valence-electron chi connectivity index (χ4n) is 2.34. The first kappa shape index (κ1) is 15.9. The first-order chi connectivity index (χ1) is 12.0. The van der Waals surface area contributed by atoms with Gasteiger partial charge in [0, 0.05) is 6.07 Å². The number of hydrogen-bond donors (Lipinski definition) is 1. The van der Waals surface area contributed by atoms with E-state index in [-0.39, 0.29) is 10.8 Å². The molecule has 0 atom stereocenters. The molecule has 25 heavy (non-hydrogen) atoms. The minimum absolute atomic E-state index is 0.0793. The molecule has 1 aliphatic heterocycles. The number of nitrogens with zero attached hydrogens (tertiary/aromatic N) is 2. The van der Waals surface area contributed by atoms with Crippen molar-refractivity contribution in [1.29, 1.82) is 0 Å². The molecular formula is C15H13N3O5S2. The van der Waals surface area contributed by atoms with Gasteiger partial charge >= 0.3 is 0 Å². The van der Waals surface area contributed by atoms with Crippen molar-refractivity contribution in [3.8, 4) is 22.3 Å². The van der Waals surface area contributed by atoms with Crippen LogP contribution >= 0.6 is 11.3 Å². The molecule has 0 fully saturated rings. The van der Waals surface area contributed by atoms with E-state index < -0.39 is 10.0 Å². The zero-order valence-corrected chi connectivity index (χ0v) is 14.7. The number of nitrogens with one attached hydrogen (secondary N) is 1. The van der Waals surface area contributed by atoms with Crippen molar-refractivity contribution < 1.29 is 22.4 Å². The van der Waals surface area contributed by atoms with Gasteiger partial charge in [-0.05, 0) is 30.5 Å². The van der Waals surface area contributed by atoms with Crippen molar-refractivity contribution in [3.05, 3.63) is 35.5 Å². The molecule has 0 aliphatic carbocycles. The number of aryl methyl sites for hydroxylation is 1. The van der Waals surface area contributed by atoms with Crippen LogP contribution in [0.4, 0.5) is 5.69 Å². The molecule has 0 spiro atoms. The average molecular weight is 379 g/mol. The van der Waals surface area contributed by atoms with Gasteiger partial charge in [0.05, 0.1) is 10.6 Å². The van der Waals surface area contributed by atoms with Gasteiger partial charge < -0.3 is 14.0 Å². The predicted octanol–water partition coefficient (Wildman–Crippen LogP) is 2.68. The molecule has 3 heterocycles. The van der Waals surface area contributed by atoms with E-state index in [9.17, 15) is 8.42 Å². The lowest BCUT2D eigenvalue weighted by Gasteiger charge is -2.19. The van der Waals surface area contributed by atoms with Gasteiger partial charge in [0.25, 0.3) is 15.9 Å². The van der Waals surface area contributed by atoms with E-state index in [2.05, 4.69) is 14.9 Å². The Labute approximate surface area is 147 Å². The molecule has 1 aromatic carbocycles. The Morgan fingerprint density at radius 3 is 2.72 bits per heavy atom. The van der Waals surface area contributed by atoms with Crippen molar-refractivity contribution in [3.63, 3.8) is 0 Å². The number of fused-ring (bicyclic) bond motifs is 1. The Morgan fingerprint density at radius 2 is 1.96 bits per heavy atom. The van der Waals surface area contributed by atoms with Gasteiger partial charge in [-0.2, -0.15) is 4.98 Å². The minimum atomic E-state index is -3.81. The summed E-state index contributed by atoms with van der Waals surface area (Å²) in [6.45, 7) is 2.52. The molecule has 0 unspecified atom stereocenters. The van der Waals surface area contributed by atoms with E-state index in [1.165, 1.54) is 23.5 Å². The predicted molar refractivity (Wildman–Crippen MR) is 90.6 cm³/mol. The lowest BCUT2D eigenvalue weighted by molar-refractivity contribution is 0.171. The number of thiophene rings is 1. The van der Waals surface area contributed by atoms with Crippen molar-refractivity contribution in [2.45, 2.75) is 11.8 Å². The summed E-state index contributed by atoms with van der Waals surface area (Å²) >= 11 is 1.31. The standard InChI is InChI=1S/C15H13N3O5S2/c1-9-16-15(23-17-9)14-11(4-7-24-14)18-25(19,20)10-2-3-12-13(8-10)22-6-5-21-12/h2-4,7-8,18H,5-6H2,1H3. The maximum absolute atomic E-state index is 12.7. The summed E-state index contributed by atoms with van der Waals surface area (Å²) in [6, 6.07) is 6.15. The summed E-state index contributed by atoms with van der Waals surface area (Å²) in [7, 11) is -3.81. The molecule has 0 amide bonds. The summed E-state index contributed by atoms with van der Waals surface area (Å²) in [4.78, 5) is 4.77. The summed E-state index contributed by atoms with van der Waals surface area (Å²) < 4.78 is 43.9. The number of anilines is 1. The maximum atomic E-state index is 12.7. The summed E-state index contributed by atoms with van der Waals surface area (Å²) in [5, 5.41) is 5.48. The number of aromatic nitrogens is 2. The van der Waals surface area contributed by atoms with Gasteiger partial charge in [-0.25, -0.2) is 8.42 Å². The Kier molecular flexibility index (Phi) is 3.85. The highest BCUT2D eigenvalue weighted by Gasteiger charge is 2.22.